The van der Waals surface area contributed by atoms with Gasteiger partial charge >= 0.3 is 0 Å². The molecular weight excluding hydrogens is 304 g/mol. The number of ether oxygens (including phenoxy) is 1. The largest absolute Gasteiger partial charge is 0.494 e. The summed E-state index contributed by atoms with van der Waals surface area (Å²) in [6.45, 7) is 3.51. The van der Waals surface area contributed by atoms with E-state index in [1.807, 2.05) is 49.1 Å². The number of benzene rings is 1. The van der Waals surface area contributed by atoms with Gasteiger partial charge < -0.3 is 15.4 Å². The molecule has 1 aromatic carbocycles. The normalized spacial score (nSPS) is 13.8. The first-order chi connectivity index (χ1) is 11.7. The van der Waals surface area contributed by atoms with E-state index in [0.717, 1.165) is 11.4 Å². The fourth-order valence-corrected chi connectivity index (χ4v) is 2.71. The molecule has 0 atom stereocenters. The van der Waals surface area contributed by atoms with Gasteiger partial charge in [0, 0.05) is 37.0 Å². The lowest BCUT2D eigenvalue weighted by Crippen LogP contribution is -2.27. The van der Waals surface area contributed by atoms with Crippen LogP contribution >= 0.6 is 0 Å². The van der Waals surface area contributed by atoms with Gasteiger partial charge in [-0.3, -0.25) is 9.48 Å². The summed E-state index contributed by atoms with van der Waals surface area (Å²) in [6.07, 6.45) is 4.48. The van der Waals surface area contributed by atoms with Crippen molar-refractivity contribution in [3.05, 3.63) is 41.7 Å². The number of amides is 1. The summed E-state index contributed by atoms with van der Waals surface area (Å²) in [7, 11) is 1.94. The van der Waals surface area contributed by atoms with E-state index in [-0.39, 0.29) is 12.5 Å². The average Bonchev–Trinajstić information content (AvgIpc) is 3.33. The van der Waals surface area contributed by atoms with Gasteiger partial charge in [0.1, 0.15) is 5.75 Å². The molecule has 1 aliphatic carbocycles. The van der Waals surface area contributed by atoms with E-state index < -0.39 is 0 Å². The standard InChI is InChI=1S/C18H24N4O2/c1-3-24-16-8-6-15(7-9-16)20-17(23)11-19-10-14-12-22(2)21-18(14)13-4-5-13/h6-9,12-13,19H,3-5,10-11H2,1-2H3,(H,20,23). The monoisotopic (exact) mass is 328 g/mol. The number of nitrogens with zero attached hydrogens (tertiary/aromatic N) is 2. The highest BCUT2D eigenvalue weighted by Gasteiger charge is 2.28. The maximum atomic E-state index is 12.0. The number of nitrogens with one attached hydrogen (secondary N) is 2. The minimum Gasteiger partial charge on any atom is -0.494 e. The maximum absolute atomic E-state index is 12.0. The van der Waals surface area contributed by atoms with Crippen LogP contribution in [-0.4, -0.2) is 28.8 Å². The van der Waals surface area contributed by atoms with Crippen molar-refractivity contribution in [2.24, 2.45) is 7.05 Å². The lowest BCUT2D eigenvalue weighted by atomic mass is 10.2. The lowest BCUT2D eigenvalue weighted by molar-refractivity contribution is -0.115. The molecular formula is C18H24N4O2. The van der Waals surface area contributed by atoms with E-state index >= 15 is 0 Å². The summed E-state index contributed by atoms with van der Waals surface area (Å²) in [5.74, 6) is 1.36. The Morgan fingerprint density at radius 3 is 2.75 bits per heavy atom. The number of anilines is 1. The van der Waals surface area contributed by atoms with Crippen molar-refractivity contribution in [1.82, 2.24) is 15.1 Å². The van der Waals surface area contributed by atoms with Gasteiger partial charge in [-0.2, -0.15) is 5.10 Å². The second-order valence-corrected chi connectivity index (χ2v) is 6.10. The third-order valence-corrected chi connectivity index (χ3v) is 3.95. The Morgan fingerprint density at radius 2 is 2.08 bits per heavy atom. The Balaban J connectivity index is 1.45. The van der Waals surface area contributed by atoms with Crippen LogP contribution in [0.25, 0.3) is 0 Å². The molecule has 1 fully saturated rings. The topological polar surface area (TPSA) is 68.2 Å². The van der Waals surface area contributed by atoms with Gasteiger partial charge in [-0.05, 0) is 44.0 Å². The molecule has 1 heterocycles. The minimum absolute atomic E-state index is 0.0592. The number of aromatic nitrogens is 2. The van der Waals surface area contributed by atoms with Gasteiger partial charge in [0.25, 0.3) is 0 Å². The van der Waals surface area contributed by atoms with Crippen LogP contribution in [0.15, 0.2) is 30.5 Å². The van der Waals surface area contributed by atoms with Crippen molar-refractivity contribution < 1.29 is 9.53 Å². The van der Waals surface area contributed by atoms with E-state index in [9.17, 15) is 4.79 Å². The summed E-state index contributed by atoms with van der Waals surface area (Å²) in [6, 6.07) is 7.39. The Morgan fingerprint density at radius 1 is 1.33 bits per heavy atom. The van der Waals surface area contributed by atoms with E-state index in [2.05, 4.69) is 15.7 Å². The first kappa shape index (κ1) is 16.5. The molecule has 2 aromatic rings. The van der Waals surface area contributed by atoms with Crippen molar-refractivity contribution in [2.45, 2.75) is 32.2 Å². The summed E-state index contributed by atoms with van der Waals surface area (Å²) in [5, 5.41) is 10.6. The van der Waals surface area contributed by atoms with Gasteiger partial charge in [0.2, 0.25) is 5.91 Å². The summed E-state index contributed by atoms with van der Waals surface area (Å²) < 4.78 is 7.24. The number of aryl methyl sites for hydroxylation is 1. The summed E-state index contributed by atoms with van der Waals surface area (Å²) in [4.78, 5) is 12.0. The molecule has 1 aromatic heterocycles. The molecule has 1 amide bonds. The van der Waals surface area contributed by atoms with Crippen LogP contribution in [0.3, 0.4) is 0 Å². The minimum atomic E-state index is -0.0592. The molecule has 0 bridgehead atoms. The second-order valence-electron chi connectivity index (χ2n) is 6.10. The lowest BCUT2D eigenvalue weighted by Gasteiger charge is -2.08. The van der Waals surface area contributed by atoms with Crippen molar-refractivity contribution in [2.75, 3.05) is 18.5 Å². The Labute approximate surface area is 142 Å². The quantitative estimate of drug-likeness (QED) is 0.781. The first-order valence-corrected chi connectivity index (χ1v) is 8.41. The third-order valence-electron chi connectivity index (χ3n) is 3.95. The molecule has 24 heavy (non-hydrogen) atoms. The number of hydrogen-bond acceptors (Lipinski definition) is 4. The Hall–Kier alpha value is -2.34. The second kappa shape index (κ2) is 7.49. The SMILES string of the molecule is CCOc1ccc(NC(=O)CNCc2cn(C)nc2C2CC2)cc1. The summed E-state index contributed by atoms with van der Waals surface area (Å²) in [5.41, 5.74) is 3.14. The van der Waals surface area contributed by atoms with E-state index in [4.69, 9.17) is 4.74 Å². The number of carbonyl (C=O) groups excluding carboxylic acids is 1. The van der Waals surface area contributed by atoms with E-state index in [0.29, 0.717) is 19.1 Å². The van der Waals surface area contributed by atoms with Gasteiger partial charge in [-0.1, -0.05) is 0 Å². The van der Waals surface area contributed by atoms with Crippen LogP contribution in [0.1, 0.15) is 36.9 Å². The molecule has 3 rings (SSSR count). The molecule has 128 valence electrons. The van der Waals surface area contributed by atoms with Crippen molar-refractivity contribution in [3.63, 3.8) is 0 Å². The molecule has 0 saturated heterocycles. The van der Waals surface area contributed by atoms with Crippen LogP contribution in [0.5, 0.6) is 5.75 Å². The van der Waals surface area contributed by atoms with E-state index in [1.54, 1.807) is 0 Å². The molecule has 0 unspecified atom stereocenters. The highest BCUT2D eigenvalue weighted by molar-refractivity contribution is 5.92. The Kier molecular flexibility index (Phi) is 5.15. The van der Waals surface area contributed by atoms with Gasteiger partial charge in [0.15, 0.2) is 0 Å². The first-order valence-electron chi connectivity index (χ1n) is 8.41. The van der Waals surface area contributed by atoms with Crippen LogP contribution in [0.2, 0.25) is 0 Å². The van der Waals surface area contributed by atoms with Gasteiger partial charge in [-0.15, -0.1) is 0 Å². The third kappa shape index (κ3) is 4.35. The molecule has 6 heteroatoms. The number of carbonyl (C=O) groups is 1. The smallest absolute Gasteiger partial charge is 0.238 e. The van der Waals surface area contributed by atoms with Crippen molar-refractivity contribution in [3.8, 4) is 5.75 Å². The predicted molar refractivity (Wildman–Crippen MR) is 93.1 cm³/mol. The predicted octanol–water partition coefficient (Wildman–Crippen LogP) is 2.42. The van der Waals surface area contributed by atoms with Crippen LogP contribution < -0.4 is 15.4 Å². The summed E-state index contributed by atoms with van der Waals surface area (Å²) >= 11 is 0. The highest BCUT2D eigenvalue weighted by Crippen LogP contribution is 2.40. The molecule has 1 saturated carbocycles. The molecule has 1 aliphatic rings. The fraction of sp³-hybridized carbons (Fsp3) is 0.444. The maximum Gasteiger partial charge on any atom is 0.238 e. The zero-order valence-electron chi connectivity index (χ0n) is 14.2. The van der Waals surface area contributed by atoms with Crippen molar-refractivity contribution >= 4 is 11.6 Å². The van der Waals surface area contributed by atoms with Crippen molar-refractivity contribution in [1.29, 1.82) is 0 Å². The van der Waals surface area contributed by atoms with Crippen LogP contribution in [0.4, 0.5) is 5.69 Å². The zero-order chi connectivity index (χ0) is 16.9. The number of hydrogen-bond donors (Lipinski definition) is 2. The Bertz CT molecular complexity index is 690. The molecule has 0 spiro atoms. The van der Waals surface area contributed by atoms with E-state index in [1.165, 1.54) is 24.1 Å². The zero-order valence-corrected chi connectivity index (χ0v) is 14.2. The highest BCUT2D eigenvalue weighted by atomic mass is 16.5. The molecule has 6 nitrogen and oxygen atoms in total. The van der Waals surface area contributed by atoms with Crippen LogP contribution in [0, 0.1) is 0 Å². The number of rotatable bonds is 8. The molecule has 2 N–H and O–H groups in total. The van der Waals surface area contributed by atoms with Gasteiger partial charge in [-0.25, -0.2) is 0 Å². The van der Waals surface area contributed by atoms with Crippen LogP contribution in [-0.2, 0) is 18.4 Å². The molecule has 0 radical (unpaired) electrons. The fourth-order valence-electron chi connectivity index (χ4n) is 2.71. The molecule has 0 aliphatic heterocycles. The average molecular weight is 328 g/mol. The van der Waals surface area contributed by atoms with Gasteiger partial charge in [0.05, 0.1) is 18.8 Å².